The molecule has 0 aromatic carbocycles. The van der Waals surface area contributed by atoms with Crippen LogP contribution < -0.4 is 5.32 Å². The van der Waals surface area contributed by atoms with Crippen molar-refractivity contribution in [1.82, 2.24) is 10.2 Å². The van der Waals surface area contributed by atoms with Gasteiger partial charge in [-0.15, -0.1) is 0 Å². The number of hydrogen-bond acceptors (Lipinski definition) is 2. The summed E-state index contributed by atoms with van der Waals surface area (Å²) in [6.45, 7) is 4.29. The van der Waals surface area contributed by atoms with Gasteiger partial charge in [0.2, 0.25) is 5.91 Å². The van der Waals surface area contributed by atoms with E-state index in [0.29, 0.717) is 0 Å². The summed E-state index contributed by atoms with van der Waals surface area (Å²) >= 11 is 0. The molecule has 0 aromatic heterocycles. The predicted octanol–water partition coefficient (Wildman–Crippen LogP) is 1.20. The highest BCUT2D eigenvalue weighted by atomic mass is 16.1. The Bertz CT molecular complexity index is 206. The van der Waals surface area contributed by atoms with Crippen molar-refractivity contribution < 1.29 is 4.79 Å². The first-order chi connectivity index (χ1) is 7.36. The molecule has 0 spiro atoms. The third kappa shape index (κ3) is 3.20. The van der Waals surface area contributed by atoms with Crippen LogP contribution in [0.2, 0.25) is 0 Å². The Morgan fingerprint density at radius 3 is 2.87 bits per heavy atom. The lowest BCUT2D eigenvalue weighted by Gasteiger charge is -2.16. The van der Waals surface area contributed by atoms with Crippen molar-refractivity contribution in [3.63, 3.8) is 0 Å². The van der Waals surface area contributed by atoms with Gasteiger partial charge in [-0.1, -0.05) is 0 Å². The third-order valence-corrected chi connectivity index (χ3v) is 3.47. The van der Waals surface area contributed by atoms with E-state index in [1.807, 2.05) is 0 Å². The number of carbonyl (C=O) groups is 1. The normalized spacial score (nSPS) is 23.5. The van der Waals surface area contributed by atoms with Crippen LogP contribution in [0, 0.1) is 12.3 Å². The van der Waals surface area contributed by atoms with Crippen molar-refractivity contribution in [3.8, 4) is 0 Å². The molecule has 0 aromatic rings. The highest BCUT2D eigenvalue weighted by Gasteiger charge is 2.22. The largest absolute Gasteiger partial charge is 0.355 e. The fourth-order valence-corrected chi connectivity index (χ4v) is 2.48. The Morgan fingerprint density at radius 1 is 1.40 bits per heavy atom. The van der Waals surface area contributed by atoms with Gasteiger partial charge in [-0.05, 0) is 51.6 Å². The van der Waals surface area contributed by atoms with Gasteiger partial charge in [0.1, 0.15) is 0 Å². The molecule has 1 aliphatic heterocycles. The quantitative estimate of drug-likeness (QED) is 0.754. The number of nitrogens with zero attached hydrogens (tertiary/aromatic N) is 1. The molecule has 2 rings (SSSR count). The summed E-state index contributed by atoms with van der Waals surface area (Å²) in [4.78, 5) is 14.1. The van der Waals surface area contributed by atoms with E-state index in [0.717, 1.165) is 32.4 Å². The fraction of sp³-hybridized carbons (Fsp3) is 0.833. The van der Waals surface area contributed by atoms with E-state index in [2.05, 4.69) is 16.6 Å². The molecule has 3 heteroatoms. The monoisotopic (exact) mass is 209 g/mol. The molecule has 15 heavy (non-hydrogen) atoms. The molecular weight excluding hydrogens is 188 g/mol. The summed E-state index contributed by atoms with van der Waals surface area (Å²) < 4.78 is 0. The molecule has 2 aliphatic rings. The van der Waals surface area contributed by atoms with Crippen molar-refractivity contribution in [2.24, 2.45) is 5.92 Å². The summed E-state index contributed by atoms with van der Waals surface area (Å²) in [5.41, 5.74) is 0. The van der Waals surface area contributed by atoms with E-state index in [9.17, 15) is 4.79 Å². The van der Waals surface area contributed by atoms with Crippen molar-refractivity contribution in [2.45, 2.75) is 32.1 Å². The molecule has 0 bridgehead atoms. The molecule has 1 saturated heterocycles. The molecule has 1 saturated carbocycles. The number of hydrogen-bond donors (Lipinski definition) is 1. The van der Waals surface area contributed by atoms with Crippen LogP contribution in [0.5, 0.6) is 0 Å². The molecule has 2 fully saturated rings. The first kappa shape index (κ1) is 10.9. The third-order valence-electron chi connectivity index (χ3n) is 3.47. The van der Waals surface area contributed by atoms with E-state index in [1.165, 1.54) is 25.9 Å². The van der Waals surface area contributed by atoms with Gasteiger partial charge in [0.15, 0.2) is 0 Å². The fourth-order valence-electron chi connectivity index (χ4n) is 2.48. The molecular formula is C12H21N2O. The minimum Gasteiger partial charge on any atom is -0.355 e. The second kappa shape index (κ2) is 5.50. The molecule has 1 atom stereocenters. The second-order valence-corrected chi connectivity index (χ2v) is 4.64. The minimum absolute atomic E-state index is 0.267. The first-order valence-corrected chi connectivity index (χ1v) is 6.18. The molecule has 3 nitrogen and oxygen atoms in total. The zero-order chi connectivity index (χ0) is 10.5. The summed E-state index contributed by atoms with van der Waals surface area (Å²) in [6, 6.07) is 0. The summed E-state index contributed by atoms with van der Waals surface area (Å²) in [5, 5.41) is 3.05. The van der Waals surface area contributed by atoms with Crippen molar-refractivity contribution in [3.05, 3.63) is 6.42 Å². The number of likely N-dealkylation sites (tertiary alicyclic amines) is 1. The lowest BCUT2D eigenvalue weighted by atomic mass is 10.1. The van der Waals surface area contributed by atoms with Gasteiger partial charge in [-0.2, -0.15) is 0 Å². The van der Waals surface area contributed by atoms with E-state index >= 15 is 0 Å². The molecule has 1 aliphatic carbocycles. The maximum absolute atomic E-state index is 11.7. The van der Waals surface area contributed by atoms with E-state index < -0.39 is 0 Å². The van der Waals surface area contributed by atoms with Crippen LogP contribution in [0.1, 0.15) is 32.1 Å². The van der Waals surface area contributed by atoms with Crippen LogP contribution in [-0.4, -0.2) is 37.0 Å². The summed E-state index contributed by atoms with van der Waals surface area (Å²) in [6.07, 6.45) is 8.02. The van der Waals surface area contributed by atoms with Crippen molar-refractivity contribution in [2.75, 3.05) is 26.2 Å². The van der Waals surface area contributed by atoms with Crippen molar-refractivity contribution >= 4 is 5.91 Å². The molecule has 1 unspecified atom stereocenters. The highest BCUT2D eigenvalue weighted by Crippen LogP contribution is 2.23. The Labute approximate surface area is 92.2 Å². The van der Waals surface area contributed by atoms with E-state index in [-0.39, 0.29) is 11.8 Å². The van der Waals surface area contributed by atoms with Gasteiger partial charge in [-0.25, -0.2) is 0 Å². The van der Waals surface area contributed by atoms with Gasteiger partial charge in [-0.3, -0.25) is 4.79 Å². The lowest BCUT2D eigenvalue weighted by Crippen LogP contribution is -2.36. The van der Waals surface area contributed by atoms with Crippen LogP contribution in [0.15, 0.2) is 0 Å². The Balaban J connectivity index is 1.58. The van der Waals surface area contributed by atoms with Crippen molar-refractivity contribution in [1.29, 1.82) is 0 Å². The smallest absolute Gasteiger partial charge is 0.223 e. The van der Waals surface area contributed by atoms with Crippen LogP contribution in [0.3, 0.4) is 0 Å². The lowest BCUT2D eigenvalue weighted by molar-refractivity contribution is -0.124. The Hall–Kier alpha value is -0.570. The SMILES string of the molecule is O=C(NCCN1CCCC1)C1C[CH]CC1. The number of rotatable bonds is 4. The number of nitrogens with one attached hydrogen (secondary N) is 1. The van der Waals surface area contributed by atoms with Crippen LogP contribution >= 0.6 is 0 Å². The first-order valence-electron chi connectivity index (χ1n) is 6.18. The van der Waals surface area contributed by atoms with Gasteiger partial charge in [0.05, 0.1) is 0 Å². The summed E-state index contributed by atoms with van der Waals surface area (Å²) in [7, 11) is 0. The molecule has 85 valence electrons. The van der Waals surface area contributed by atoms with Gasteiger partial charge in [0, 0.05) is 19.0 Å². The Morgan fingerprint density at radius 2 is 2.20 bits per heavy atom. The van der Waals surface area contributed by atoms with Crippen LogP contribution in [0.25, 0.3) is 0 Å². The van der Waals surface area contributed by atoms with E-state index in [4.69, 9.17) is 0 Å². The topological polar surface area (TPSA) is 32.3 Å². The molecule has 1 radical (unpaired) electrons. The molecule has 1 N–H and O–H groups in total. The standard InChI is InChI=1S/C12H21N2O/c15-12(11-5-1-2-6-11)13-7-10-14-8-3-4-9-14/h1,11H,2-10H2,(H,13,15). The Kier molecular flexibility index (Phi) is 4.01. The average Bonchev–Trinajstić information content (AvgIpc) is 2.90. The van der Waals surface area contributed by atoms with Gasteiger partial charge in [0.25, 0.3) is 0 Å². The zero-order valence-electron chi connectivity index (χ0n) is 9.37. The number of amides is 1. The second-order valence-electron chi connectivity index (χ2n) is 4.64. The van der Waals surface area contributed by atoms with Crippen LogP contribution in [0.4, 0.5) is 0 Å². The zero-order valence-corrected chi connectivity index (χ0v) is 9.37. The maximum Gasteiger partial charge on any atom is 0.223 e. The minimum atomic E-state index is 0.267. The number of carbonyl (C=O) groups excluding carboxylic acids is 1. The van der Waals surface area contributed by atoms with Gasteiger partial charge < -0.3 is 10.2 Å². The summed E-state index contributed by atoms with van der Waals surface area (Å²) in [5.74, 6) is 0.534. The van der Waals surface area contributed by atoms with Gasteiger partial charge >= 0.3 is 0 Å². The predicted molar refractivity (Wildman–Crippen MR) is 60.3 cm³/mol. The molecule has 1 amide bonds. The maximum atomic E-state index is 11.7. The van der Waals surface area contributed by atoms with E-state index in [1.54, 1.807) is 0 Å². The highest BCUT2D eigenvalue weighted by molar-refractivity contribution is 5.79. The van der Waals surface area contributed by atoms with Crippen LogP contribution in [-0.2, 0) is 4.79 Å². The average molecular weight is 209 g/mol. The molecule has 1 heterocycles.